The van der Waals surface area contributed by atoms with Gasteiger partial charge in [0.1, 0.15) is 5.84 Å². The van der Waals surface area contributed by atoms with E-state index in [2.05, 4.69) is 15.0 Å². The molecule has 0 saturated heterocycles. The maximum absolute atomic E-state index is 8.37. The lowest BCUT2D eigenvalue weighted by molar-refractivity contribution is 0.336. The van der Waals surface area contributed by atoms with Crippen LogP contribution < -0.4 is 5.73 Å². The number of aliphatic imine (C=N–C) groups is 1. The number of hydrogen-bond acceptors (Lipinski definition) is 4. The summed E-state index contributed by atoms with van der Waals surface area (Å²) in [5, 5.41) is 16.1. The van der Waals surface area contributed by atoms with E-state index in [-0.39, 0.29) is 11.8 Å². The highest BCUT2D eigenvalue weighted by Crippen LogP contribution is 2.45. The fraction of sp³-hybridized carbons (Fsp3) is 0.294. The van der Waals surface area contributed by atoms with E-state index < -0.39 is 15.1 Å². The van der Waals surface area contributed by atoms with Crippen LogP contribution in [0.4, 0.5) is 5.95 Å². The summed E-state index contributed by atoms with van der Waals surface area (Å²) in [4.78, 5) is 11.9. The van der Waals surface area contributed by atoms with Gasteiger partial charge in [-0.1, -0.05) is 65.5 Å². The van der Waals surface area contributed by atoms with Crippen molar-refractivity contribution in [2.45, 2.75) is 28.5 Å². The van der Waals surface area contributed by atoms with Crippen molar-refractivity contribution in [2.75, 3.05) is 5.73 Å². The molecule has 5 N–H and O–H groups in total. The van der Waals surface area contributed by atoms with Crippen LogP contribution in [-0.4, -0.2) is 30.6 Å². The Morgan fingerprint density at radius 3 is 2.15 bits per heavy atom. The minimum Gasteiger partial charge on any atom is -0.579 e. The maximum Gasteiger partial charge on any atom is 0.386 e. The van der Waals surface area contributed by atoms with E-state index in [9.17, 15) is 0 Å². The lowest BCUT2D eigenvalue weighted by atomic mass is 9.63. The lowest BCUT2D eigenvalue weighted by Gasteiger charge is -2.41. The topological polar surface area (TPSA) is 111 Å². The molecule has 1 saturated carbocycles. The third-order valence-electron chi connectivity index (χ3n) is 4.60. The number of nitrogen functional groups attached to an aromatic ring is 1. The summed E-state index contributed by atoms with van der Waals surface area (Å²) < 4.78 is -1.93. The molecular weight excluding hydrogens is 397 g/mol. The predicted molar refractivity (Wildman–Crippen MR) is 106 cm³/mol. The average Bonchev–Trinajstić information content (AvgIpc) is 2.54. The van der Waals surface area contributed by atoms with Gasteiger partial charge >= 0.3 is 9.69 Å². The van der Waals surface area contributed by atoms with Gasteiger partial charge in [0.05, 0.1) is 5.41 Å². The highest BCUT2D eigenvalue weighted by molar-refractivity contribution is 6.76. The predicted octanol–water partition coefficient (Wildman–Crippen LogP) is 3.62. The summed E-state index contributed by atoms with van der Waals surface area (Å²) in [5.74, 6) is -0.177. The number of halogens is 3. The molecule has 1 fully saturated rings. The standard InChI is InChI=1S/C17H16Cl3N5O/c18-17(19,20)14(26)25-13(21)16(6-1-7-16)12-4-2-10(3-5-12)11-8-23-15(22)24-9-11/h2-5,8-9H,1,6-7H2,(H2,21,25,26)(H2,22,23,24)/p+1. The van der Waals surface area contributed by atoms with Gasteiger partial charge in [0, 0.05) is 18.0 Å². The Kier molecular flexibility index (Phi) is 5.10. The highest BCUT2D eigenvalue weighted by atomic mass is 35.6. The van der Waals surface area contributed by atoms with Gasteiger partial charge in [0.25, 0.3) is 0 Å². The number of nitrogens with one attached hydrogen (secondary N) is 1. The molecule has 0 bridgehead atoms. The monoisotopic (exact) mass is 412 g/mol. The van der Waals surface area contributed by atoms with Gasteiger partial charge in [-0.2, -0.15) is 4.99 Å². The average molecular weight is 414 g/mol. The van der Waals surface area contributed by atoms with E-state index in [1.54, 1.807) is 12.4 Å². The molecule has 6 nitrogen and oxygen atoms in total. The van der Waals surface area contributed by atoms with Crippen molar-refractivity contribution in [3.8, 4) is 11.1 Å². The van der Waals surface area contributed by atoms with Crippen LogP contribution in [0.2, 0.25) is 0 Å². The fourth-order valence-corrected chi connectivity index (χ4v) is 3.07. The zero-order valence-electron chi connectivity index (χ0n) is 13.6. The molecule has 0 amide bonds. The Balaban J connectivity index is 1.89. The number of nitrogens with zero attached hydrogens (tertiary/aromatic N) is 3. The van der Waals surface area contributed by atoms with Crippen LogP contribution in [-0.2, 0) is 5.41 Å². The van der Waals surface area contributed by atoms with Crippen molar-refractivity contribution >= 4 is 52.5 Å². The molecule has 1 aromatic heterocycles. The fourth-order valence-electron chi connectivity index (χ4n) is 2.94. The van der Waals surface area contributed by atoms with E-state index in [4.69, 9.17) is 51.1 Å². The van der Waals surface area contributed by atoms with Crippen LogP contribution in [0, 0.1) is 5.41 Å². The van der Waals surface area contributed by atoms with Gasteiger partial charge in [-0.05, 0) is 24.0 Å². The summed E-state index contributed by atoms with van der Waals surface area (Å²) in [6.07, 6.45) is 5.85. The Bertz CT molecular complexity index is 840. The molecule has 26 heavy (non-hydrogen) atoms. The molecule has 1 heterocycles. The summed E-state index contributed by atoms with van der Waals surface area (Å²) in [6.45, 7) is 0. The first-order valence-electron chi connectivity index (χ1n) is 7.87. The number of benzene rings is 1. The zero-order valence-corrected chi connectivity index (χ0v) is 15.9. The number of hydrogen-bond donors (Lipinski definition) is 2. The van der Waals surface area contributed by atoms with Crippen molar-refractivity contribution in [3.63, 3.8) is 0 Å². The molecule has 136 valence electrons. The van der Waals surface area contributed by atoms with E-state index in [1.165, 1.54) is 0 Å². The van der Waals surface area contributed by atoms with Crippen molar-refractivity contribution in [3.05, 3.63) is 42.2 Å². The molecule has 2 aromatic rings. The lowest BCUT2D eigenvalue weighted by Crippen LogP contribution is -2.42. The normalized spacial score (nSPS) is 16.8. The third-order valence-corrected chi connectivity index (χ3v) is 5.13. The van der Waals surface area contributed by atoms with Crippen molar-refractivity contribution in [1.82, 2.24) is 9.97 Å². The number of aromatic nitrogens is 2. The van der Waals surface area contributed by atoms with Crippen LogP contribution in [0.1, 0.15) is 24.8 Å². The van der Waals surface area contributed by atoms with Crippen LogP contribution in [0.25, 0.3) is 11.1 Å². The zero-order chi connectivity index (χ0) is 18.9. The Hall–Kier alpha value is -1.89. The Morgan fingerprint density at radius 1 is 1.12 bits per heavy atom. The van der Waals surface area contributed by atoms with Gasteiger partial charge in [-0.15, -0.1) is 0 Å². The van der Waals surface area contributed by atoms with E-state index in [1.807, 2.05) is 24.3 Å². The Morgan fingerprint density at radius 2 is 1.69 bits per heavy atom. The first-order chi connectivity index (χ1) is 12.2. The van der Waals surface area contributed by atoms with Crippen LogP contribution in [0.15, 0.2) is 41.7 Å². The van der Waals surface area contributed by atoms with E-state index in [0.717, 1.165) is 36.0 Å². The van der Waals surface area contributed by atoms with Crippen molar-refractivity contribution in [2.24, 2.45) is 4.99 Å². The second kappa shape index (κ2) is 7.02. The first kappa shape index (κ1) is 18.9. The van der Waals surface area contributed by atoms with Crippen LogP contribution >= 0.6 is 34.8 Å². The largest absolute Gasteiger partial charge is 0.579 e. The first-order valence-corrected chi connectivity index (χ1v) is 9.01. The minimum atomic E-state index is -1.93. The number of nitrogens with two attached hydrogens (primary N) is 1. The number of anilines is 1. The molecule has 0 radical (unpaired) electrons. The summed E-state index contributed by atoms with van der Waals surface area (Å²) in [6, 6.07) is 7.79. The summed E-state index contributed by atoms with van der Waals surface area (Å²) in [5.41, 5.74) is 7.72. The van der Waals surface area contributed by atoms with Gasteiger partial charge in [0.15, 0.2) is 0 Å². The molecule has 1 aliphatic rings. The Labute approximate surface area is 165 Å². The second-order valence-corrected chi connectivity index (χ2v) is 8.43. The van der Waals surface area contributed by atoms with Gasteiger partial charge in [-0.25, -0.2) is 9.97 Å². The molecule has 0 aliphatic heterocycles. The molecular formula is C17H17Cl3N5O+. The molecule has 0 atom stereocenters. The number of rotatable bonds is 3. The van der Waals surface area contributed by atoms with Gasteiger partial charge < -0.3 is 10.8 Å². The summed E-state index contributed by atoms with van der Waals surface area (Å²) >= 11 is 17.0. The SMILES string of the molecule is N=C(N=C([OH2+])C(Cl)(Cl)Cl)C1(c2ccc(-c3cnc(N)nc3)cc2)CCC1. The smallest absolute Gasteiger partial charge is 0.386 e. The molecule has 1 aromatic carbocycles. The van der Waals surface area contributed by atoms with Gasteiger partial charge in [-0.3, -0.25) is 5.41 Å². The number of amidine groups is 1. The highest BCUT2D eigenvalue weighted by Gasteiger charge is 2.45. The minimum absolute atomic E-state index is 0.0450. The second-order valence-electron chi connectivity index (χ2n) is 6.15. The molecule has 3 rings (SSSR count). The van der Waals surface area contributed by atoms with Crippen molar-refractivity contribution in [1.29, 1.82) is 5.41 Å². The molecule has 9 heteroatoms. The molecule has 0 unspecified atom stereocenters. The van der Waals surface area contributed by atoms with Crippen molar-refractivity contribution < 1.29 is 5.11 Å². The van der Waals surface area contributed by atoms with Crippen LogP contribution in [0.3, 0.4) is 0 Å². The maximum atomic E-state index is 8.37. The van der Waals surface area contributed by atoms with Gasteiger partial charge in [0.2, 0.25) is 5.95 Å². The van der Waals surface area contributed by atoms with Crippen LogP contribution in [0.5, 0.6) is 0 Å². The third kappa shape index (κ3) is 3.63. The number of alkyl halides is 3. The molecule has 1 aliphatic carbocycles. The quantitative estimate of drug-likeness (QED) is 0.347. The summed E-state index contributed by atoms with van der Waals surface area (Å²) in [7, 11) is 0. The van der Waals surface area contributed by atoms with E-state index in [0.29, 0.717) is 0 Å². The van der Waals surface area contributed by atoms with E-state index >= 15 is 0 Å². The molecule has 0 spiro atoms.